The number of carbonyl (C=O) groups excluding carboxylic acids is 1. The predicted octanol–water partition coefficient (Wildman–Crippen LogP) is 1.39. The third-order valence-electron chi connectivity index (χ3n) is 3.36. The lowest BCUT2D eigenvalue weighted by atomic mass is 10.3. The molecule has 1 aromatic rings. The van der Waals surface area contributed by atoms with E-state index in [1.165, 1.54) is 4.88 Å². The highest BCUT2D eigenvalue weighted by molar-refractivity contribution is 7.09. The Bertz CT molecular complexity index is 372. The first-order valence-electron chi connectivity index (χ1n) is 7.01. The zero-order valence-electron chi connectivity index (χ0n) is 11.6. The molecule has 0 unspecified atom stereocenters. The second kappa shape index (κ2) is 7.62. The van der Waals surface area contributed by atoms with Crippen molar-refractivity contribution in [2.45, 2.75) is 19.9 Å². The molecule has 4 nitrogen and oxygen atoms in total. The van der Waals surface area contributed by atoms with Gasteiger partial charge in [-0.1, -0.05) is 13.0 Å². The van der Waals surface area contributed by atoms with E-state index in [9.17, 15) is 4.79 Å². The maximum absolute atomic E-state index is 11.6. The molecule has 0 saturated carbocycles. The molecule has 1 aliphatic heterocycles. The molecule has 19 heavy (non-hydrogen) atoms. The molecule has 2 rings (SSSR count). The van der Waals surface area contributed by atoms with Gasteiger partial charge in [0.15, 0.2) is 0 Å². The van der Waals surface area contributed by atoms with E-state index in [0.717, 1.165) is 45.7 Å². The molecule has 0 bridgehead atoms. The van der Waals surface area contributed by atoms with E-state index in [1.807, 2.05) is 11.3 Å². The second-order valence-corrected chi connectivity index (χ2v) is 6.01. The molecule has 1 fully saturated rings. The van der Waals surface area contributed by atoms with Crippen LogP contribution in [-0.2, 0) is 11.3 Å². The monoisotopic (exact) mass is 281 g/mol. The molecule has 1 N–H and O–H groups in total. The Morgan fingerprint density at radius 3 is 2.68 bits per heavy atom. The number of amides is 1. The van der Waals surface area contributed by atoms with Crippen LogP contribution in [0.15, 0.2) is 17.5 Å². The van der Waals surface area contributed by atoms with Crippen LogP contribution >= 0.6 is 11.3 Å². The van der Waals surface area contributed by atoms with E-state index in [0.29, 0.717) is 6.54 Å². The molecular weight excluding hydrogens is 258 g/mol. The fourth-order valence-electron chi connectivity index (χ4n) is 2.25. The Labute approximate surface area is 119 Å². The Morgan fingerprint density at radius 2 is 2.05 bits per heavy atom. The third kappa shape index (κ3) is 4.93. The van der Waals surface area contributed by atoms with Crippen molar-refractivity contribution in [2.75, 3.05) is 39.3 Å². The molecule has 5 heteroatoms. The molecule has 1 aromatic heterocycles. The SMILES string of the molecule is CCCNC(=O)CN1CCN(Cc2cccs2)CC1. The van der Waals surface area contributed by atoms with Gasteiger partial charge < -0.3 is 5.32 Å². The molecule has 1 amide bonds. The third-order valence-corrected chi connectivity index (χ3v) is 4.22. The van der Waals surface area contributed by atoms with Crippen molar-refractivity contribution in [3.05, 3.63) is 22.4 Å². The number of nitrogens with one attached hydrogen (secondary N) is 1. The van der Waals surface area contributed by atoms with Gasteiger partial charge in [0, 0.05) is 44.1 Å². The summed E-state index contributed by atoms with van der Waals surface area (Å²) in [5.74, 6) is 0.161. The first kappa shape index (κ1) is 14.5. The first-order chi connectivity index (χ1) is 9.28. The van der Waals surface area contributed by atoms with Crippen LogP contribution in [-0.4, -0.2) is 55.0 Å². The Morgan fingerprint density at radius 1 is 1.32 bits per heavy atom. The maximum Gasteiger partial charge on any atom is 0.234 e. The summed E-state index contributed by atoms with van der Waals surface area (Å²) in [4.78, 5) is 17.8. The molecule has 0 spiro atoms. The molecular formula is C14H23N3OS. The van der Waals surface area contributed by atoms with E-state index in [1.54, 1.807) is 0 Å². The zero-order chi connectivity index (χ0) is 13.5. The summed E-state index contributed by atoms with van der Waals surface area (Å²) < 4.78 is 0. The average molecular weight is 281 g/mol. The van der Waals surface area contributed by atoms with Crippen LogP contribution in [0.1, 0.15) is 18.2 Å². The van der Waals surface area contributed by atoms with Crippen LogP contribution in [0.25, 0.3) is 0 Å². The van der Waals surface area contributed by atoms with Gasteiger partial charge in [-0.2, -0.15) is 0 Å². The summed E-state index contributed by atoms with van der Waals surface area (Å²) in [6.45, 7) is 8.55. The topological polar surface area (TPSA) is 35.6 Å². The van der Waals surface area contributed by atoms with Gasteiger partial charge in [0.25, 0.3) is 0 Å². The molecule has 0 aliphatic carbocycles. The minimum absolute atomic E-state index is 0.161. The molecule has 0 aromatic carbocycles. The number of rotatable bonds is 6. The lowest BCUT2D eigenvalue weighted by Gasteiger charge is -2.34. The van der Waals surface area contributed by atoms with E-state index in [4.69, 9.17) is 0 Å². The van der Waals surface area contributed by atoms with Crippen LogP contribution < -0.4 is 5.32 Å². The first-order valence-corrected chi connectivity index (χ1v) is 7.89. The van der Waals surface area contributed by atoms with Crippen molar-refractivity contribution in [3.8, 4) is 0 Å². The Balaban J connectivity index is 1.66. The van der Waals surface area contributed by atoms with Crippen LogP contribution in [0.4, 0.5) is 0 Å². The summed E-state index contributed by atoms with van der Waals surface area (Å²) in [5, 5.41) is 5.06. The fourth-order valence-corrected chi connectivity index (χ4v) is 3.00. The van der Waals surface area contributed by atoms with Gasteiger partial charge in [0.2, 0.25) is 5.91 Å². The van der Waals surface area contributed by atoms with Gasteiger partial charge in [-0.05, 0) is 17.9 Å². The summed E-state index contributed by atoms with van der Waals surface area (Å²) in [7, 11) is 0. The normalized spacial score (nSPS) is 17.5. The van der Waals surface area contributed by atoms with E-state index >= 15 is 0 Å². The lowest BCUT2D eigenvalue weighted by molar-refractivity contribution is -0.122. The van der Waals surface area contributed by atoms with Crippen molar-refractivity contribution in [1.82, 2.24) is 15.1 Å². The van der Waals surface area contributed by atoms with E-state index in [-0.39, 0.29) is 5.91 Å². The number of carbonyl (C=O) groups is 1. The Hall–Kier alpha value is -0.910. The van der Waals surface area contributed by atoms with Crippen LogP contribution in [0, 0.1) is 0 Å². The van der Waals surface area contributed by atoms with Crippen molar-refractivity contribution in [2.24, 2.45) is 0 Å². The summed E-state index contributed by atoms with van der Waals surface area (Å²) in [6.07, 6.45) is 1.00. The van der Waals surface area contributed by atoms with E-state index in [2.05, 4.69) is 39.6 Å². The number of thiophene rings is 1. The number of hydrogen-bond acceptors (Lipinski definition) is 4. The Kier molecular flexibility index (Phi) is 5.82. The summed E-state index contributed by atoms with van der Waals surface area (Å²) in [5.41, 5.74) is 0. The summed E-state index contributed by atoms with van der Waals surface area (Å²) in [6, 6.07) is 4.30. The molecule has 1 aliphatic rings. The summed E-state index contributed by atoms with van der Waals surface area (Å²) >= 11 is 1.82. The minimum Gasteiger partial charge on any atom is -0.355 e. The largest absolute Gasteiger partial charge is 0.355 e. The van der Waals surface area contributed by atoms with Gasteiger partial charge in [-0.15, -0.1) is 11.3 Å². The zero-order valence-corrected chi connectivity index (χ0v) is 12.4. The smallest absolute Gasteiger partial charge is 0.234 e. The number of hydrogen-bond donors (Lipinski definition) is 1. The molecule has 2 heterocycles. The molecule has 106 valence electrons. The minimum atomic E-state index is 0.161. The van der Waals surface area contributed by atoms with Crippen molar-refractivity contribution in [1.29, 1.82) is 0 Å². The van der Waals surface area contributed by atoms with Gasteiger partial charge in [-0.3, -0.25) is 14.6 Å². The number of nitrogens with zero attached hydrogens (tertiary/aromatic N) is 2. The quantitative estimate of drug-likeness (QED) is 0.856. The highest BCUT2D eigenvalue weighted by atomic mass is 32.1. The van der Waals surface area contributed by atoms with Crippen molar-refractivity contribution < 1.29 is 4.79 Å². The standard InChI is InChI=1S/C14H23N3OS/c1-2-5-15-14(18)12-17-8-6-16(7-9-17)11-13-4-3-10-19-13/h3-4,10H,2,5-9,11-12H2,1H3,(H,15,18). The lowest BCUT2D eigenvalue weighted by Crippen LogP contribution is -2.49. The van der Waals surface area contributed by atoms with Gasteiger partial charge in [-0.25, -0.2) is 0 Å². The molecule has 1 saturated heterocycles. The highest BCUT2D eigenvalue weighted by Crippen LogP contribution is 2.13. The van der Waals surface area contributed by atoms with Gasteiger partial charge >= 0.3 is 0 Å². The van der Waals surface area contributed by atoms with Gasteiger partial charge in [0.05, 0.1) is 6.54 Å². The van der Waals surface area contributed by atoms with Crippen molar-refractivity contribution >= 4 is 17.2 Å². The fraction of sp³-hybridized carbons (Fsp3) is 0.643. The number of piperazine rings is 1. The predicted molar refractivity (Wildman–Crippen MR) is 79.3 cm³/mol. The maximum atomic E-state index is 11.6. The van der Waals surface area contributed by atoms with Crippen LogP contribution in [0.3, 0.4) is 0 Å². The highest BCUT2D eigenvalue weighted by Gasteiger charge is 2.18. The van der Waals surface area contributed by atoms with E-state index < -0.39 is 0 Å². The van der Waals surface area contributed by atoms with Gasteiger partial charge in [0.1, 0.15) is 0 Å². The molecule has 0 atom stereocenters. The average Bonchev–Trinajstić information content (AvgIpc) is 2.91. The van der Waals surface area contributed by atoms with Crippen molar-refractivity contribution in [3.63, 3.8) is 0 Å². The molecule has 0 radical (unpaired) electrons. The second-order valence-electron chi connectivity index (χ2n) is 4.98. The van der Waals surface area contributed by atoms with Crippen LogP contribution in [0.2, 0.25) is 0 Å². The van der Waals surface area contributed by atoms with Crippen LogP contribution in [0.5, 0.6) is 0 Å².